The highest BCUT2D eigenvalue weighted by molar-refractivity contribution is 9.10. The minimum Gasteiger partial charge on any atom is -0.378 e. The zero-order valence-electron chi connectivity index (χ0n) is 16.3. The first-order valence-corrected chi connectivity index (χ1v) is 10.6. The van der Waals surface area contributed by atoms with E-state index in [-0.39, 0.29) is 11.7 Å². The monoisotopic (exact) mass is 472 g/mol. The van der Waals surface area contributed by atoms with Gasteiger partial charge in [0.25, 0.3) is 5.91 Å². The van der Waals surface area contributed by atoms with E-state index in [2.05, 4.69) is 36.7 Å². The molecular formula is C20H21BrN6OS. The lowest BCUT2D eigenvalue weighted by Crippen LogP contribution is -2.19. The number of aromatic nitrogens is 3. The quantitative estimate of drug-likeness (QED) is 0.323. The summed E-state index contributed by atoms with van der Waals surface area (Å²) in [6.45, 7) is 0. The van der Waals surface area contributed by atoms with Crippen molar-refractivity contribution in [2.24, 2.45) is 12.1 Å². The molecule has 0 bridgehead atoms. The molecule has 2 aromatic carbocycles. The molecule has 0 aliphatic rings. The van der Waals surface area contributed by atoms with Crippen LogP contribution in [0.4, 0.5) is 5.69 Å². The van der Waals surface area contributed by atoms with E-state index >= 15 is 0 Å². The SMILES string of the molecule is CN(C)c1ccc(C=NNC(=O)CSc2nnc(-c3cccc(Br)c3)n2C)cc1. The Morgan fingerprint density at radius 2 is 2.00 bits per heavy atom. The third-order valence-electron chi connectivity index (χ3n) is 4.06. The Morgan fingerprint density at radius 3 is 2.69 bits per heavy atom. The lowest BCUT2D eigenvalue weighted by atomic mass is 10.2. The molecule has 0 spiro atoms. The van der Waals surface area contributed by atoms with Gasteiger partial charge in [-0.15, -0.1) is 10.2 Å². The number of halogens is 1. The Balaban J connectivity index is 1.53. The van der Waals surface area contributed by atoms with Crippen molar-refractivity contribution >= 4 is 45.5 Å². The number of benzene rings is 2. The van der Waals surface area contributed by atoms with Crippen molar-refractivity contribution in [3.8, 4) is 11.4 Å². The third kappa shape index (κ3) is 5.68. The molecule has 0 aliphatic carbocycles. The summed E-state index contributed by atoms with van der Waals surface area (Å²) in [6, 6.07) is 15.7. The van der Waals surface area contributed by atoms with E-state index in [1.165, 1.54) is 11.8 Å². The first kappa shape index (κ1) is 21.1. The van der Waals surface area contributed by atoms with Gasteiger partial charge in [-0.2, -0.15) is 5.10 Å². The smallest absolute Gasteiger partial charge is 0.250 e. The van der Waals surface area contributed by atoms with Gasteiger partial charge in [-0.1, -0.05) is 52.0 Å². The van der Waals surface area contributed by atoms with Crippen molar-refractivity contribution < 1.29 is 4.79 Å². The molecule has 1 N–H and O–H groups in total. The Kier molecular flexibility index (Phi) is 7.05. The molecule has 0 aliphatic heterocycles. The van der Waals surface area contributed by atoms with Gasteiger partial charge in [0.15, 0.2) is 11.0 Å². The second-order valence-corrected chi connectivity index (χ2v) is 8.30. The fourth-order valence-corrected chi connectivity index (χ4v) is 3.62. The molecule has 0 unspecified atom stereocenters. The van der Waals surface area contributed by atoms with Crippen molar-refractivity contribution in [3.05, 3.63) is 58.6 Å². The molecule has 9 heteroatoms. The van der Waals surface area contributed by atoms with Crippen molar-refractivity contribution in [1.82, 2.24) is 20.2 Å². The van der Waals surface area contributed by atoms with E-state index < -0.39 is 0 Å². The third-order valence-corrected chi connectivity index (χ3v) is 5.58. The summed E-state index contributed by atoms with van der Waals surface area (Å²) in [4.78, 5) is 14.1. The van der Waals surface area contributed by atoms with E-state index in [4.69, 9.17) is 0 Å². The number of carbonyl (C=O) groups excluding carboxylic acids is 1. The molecule has 0 radical (unpaired) electrons. The molecule has 3 aromatic rings. The minimum absolute atomic E-state index is 0.196. The lowest BCUT2D eigenvalue weighted by molar-refractivity contribution is -0.118. The van der Waals surface area contributed by atoms with Crippen LogP contribution in [0.15, 0.2) is 63.3 Å². The maximum Gasteiger partial charge on any atom is 0.250 e. The number of nitrogens with zero attached hydrogens (tertiary/aromatic N) is 5. The Bertz CT molecular complexity index is 1020. The number of carbonyl (C=O) groups is 1. The number of hydrazone groups is 1. The summed E-state index contributed by atoms with van der Waals surface area (Å²) in [6.07, 6.45) is 1.62. The largest absolute Gasteiger partial charge is 0.378 e. The molecule has 29 heavy (non-hydrogen) atoms. The van der Waals surface area contributed by atoms with Gasteiger partial charge in [0, 0.05) is 36.9 Å². The predicted octanol–water partition coefficient (Wildman–Crippen LogP) is 3.55. The number of thioether (sulfide) groups is 1. The van der Waals surface area contributed by atoms with Gasteiger partial charge < -0.3 is 9.47 Å². The molecule has 1 amide bonds. The predicted molar refractivity (Wildman–Crippen MR) is 121 cm³/mol. The summed E-state index contributed by atoms with van der Waals surface area (Å²) >= 11 is 4.77. The van der Waals surface area contributed by atoms with E-state index in [9.17, 15) is 4.79 Å². The van der Waals surface area contributed by atoms with Crippen LogP contribution in [0.2, 0.25) is 0 Å². The van der Waals surface area contributed by atoms with Crippen LogP contribution < -0.4 is 10.3 Å². The molecule has 7 nitrogen and oxygen atoms in total. The van der Waals surface area contributed by atoms with Crippen LogP contribution in [0.1, 0.15) is 5.56 Å². The van der Waals surface area contributed by atoms with Gasteiger partial charge in [0.05, 0.1) is 12.0 Å². The summed E-state index contributed by atoms with van der Waals surface area (Å²) in [5.74, 6) is 0.734. The van der Waals surface area contributed by atoms with Gasteiger partial charge in [-0.3, -0.25) is 4.79 Å². The van der Waals surface area contributed by atoms with Crippen LogP contribution in [-0.2, 0) is 11.8 Å². The first-order chi connectivity index (χ1) is 13.9. The van der Waals surface area contributed by atoms with Crippen molar-refractivity contribution in [2.45, 2.75) is 5.16 Å². The standard InChI is InChI=1S/C20H21BrN6OS/c1-26(2)17-9-7-14(8-10-17)12-22-23-18(28)13-29-20-25-24-19(27(20)3)15-5-4-6-16(21)11-15/h4-12H,13H2,1-3H3,(H,23,28). The highest BCUT2D eigenvalue weighted by Gasteiger charge is 2.13. The van der Waals surface area contributed by atoms with Crippen LogP contribution in [0, 0.1) is 0 Å². The Morgan fingerprint density at radius 1 is 1.24 bits per heavy atom. The maximum atomic E-state index is 12.1. The zero-order valence-corrected chi connectivity index (χ0v) is 18.7. The average molecular weight is 473 g/mol. The average Bonchev–Trinajstić information content (AvgIpc) is 3.07. The highest BCUT2D eigenvalue weighted by Crippen LogP contribution is 2.24. The Labute approximate surface area is 182 Å². The molecule has 1 heterocycles. The van der Waals surface area contributed by atoms with Crippen LogP contribution in [0.3, 0.4) is 0 Å². The van der Waals surface area contributed by atoms with Crippen molar-refractivity contribution in [1.29, 1.82) is 0 Å². The van der Waals surface area contributed by atoms with Crippen LogP contribution in [-0.4, -0.2) is 46.7 Å². The molecule has 3 rings (SSSR count). The topological polar surface area (TPSA) is 75.4 Å². The highest BCUT2D eigenvalue weighted by atomic mass is 79.9. The molecule has 150 valence electrons. The van der Waals surface area contributed by atoms with Crippen LogP contribution in [0.25, 0.3) is 11.4 Å². The van der Waals surface area contributed by atoms with Crippen LogP contribution >= 0.6 is 27.7 Å². The maximum absolute atomic E-state index is 12.1. The summed E-state index contributed by atoms with van der Waals surface area (Å²) < 4.78 is 2.84. The zero-order chi connectivity index (χ0) is 20.8. The van der Waals surface area contributed by atoms with E-state index in [1.54, 1.807) is 6.21 Å². The molecule has 0 saturated heterocycles. The van der Waals surface area contributed by atoms with E-state index in [1.807, 2.05) is 79.1 Å². The fraction of sp³-hybridized carbons (Fsp3) is 0.200. The van der Waals surface area contributed by atoms with Gasteiger partial charge in [0.2, 0.25) is 0 Å². The summed E-state index contributed by atoms with van der Waals surface area (Å²) in [7, 11) is 5.85. The van der Waals surface area contributed by atoms with Gasteiger partial charge >= 0.3 is 0 Å². The number of rotatable bonds is 7. The number of anilines is 1. The van der Waals surface area contributed by atoms with E-state index in [0.717, 1.165) is 27.1 Å². The first-order valence-electron chi connectivity index (χ1n) is 8.81. The second-order valence-electron chi connectivity index (χ2n) is 6.44. The van der Waals surface area contributed by atoms with Crippen LogP contribution in [0.5, 0.6) is 0 Å². The normalized spacial score (nSPS) is 11.0. The number of nitrogens with one attached hydrogen (secondary N) is 1. The molecule has 0 saturated carbocycles. The molecular weight excluding hydrogens is 452 g/mol. The van der Waals surface area contributed by atoms with Gasteiger partial charge in [0.1, 0.15) is 0 Å². The van der Waals surface area contributed by atoms with Crippen molar-refractivity contribution in [2.75, 3.05) is 24.7 Å². The van der Waals surface area contributed by atoms with Gasteiger partial charge in [-0.05, 0) is 29.8 Å². The fourth-order valence-electron chi connectivity index (χ4n) is 2.52. The minimum atomic E-state index is -0.205. The molecule has 1 aromatic heterocycles. The van der Waals surface area contributed by atoms with Gasteiger partial charge in [-0.25, -0.2) is 5.43 Å². The Hall–Kier alpha value is -2.65. The number of amides is 1. The number of hydrogen-bond donors (Lipinski definition) is 1. The molecule has 0 fully saturated rings. The molecule has 0 atom stereocenters. The van der Waals surface area contributed by atoms with E-state index in [0.29, 0.717) is 5.16 Å². The second kappa shape index (κ2) is 9.71. The summed E-state index contributed by atoms with van der Waals surface area (Å²) in [5, 5.41) is 13.1. The summed E-state index contributed by atoms with van der Waals surface area (Å²) in [5.41, 5.74) is 5.51. The van der Waals surface area contributed by atoms with Crippen molar-refractivity contribution in [3.63, 3.8) is 0 Å². The lowest BCUT2D eigenvalue weighted by Gasteiger charge is -2.11. The number of hydrogen-bond acceptors (Lipinski definition) is 6.